The second-order valence-electron chi connectivity index (χ2n) is 8.95. The number of phenolic OH excluding ortho intramolecular Hbond substituents is 1. The zero-order chi connectivity index (χ0) is 20.8. The smallest absolute Gasteiger partial charge is 0.407 e. The van der Waals surface area contributed by atoms with Crippen LogP contribution in [0.4, 0.5) is 4.79 Å². The fourth-order valence-corrected chi connectivity index (χ4v) is 4.12. The maximum atomic E-state index is 11.3. The van der Waals surface area contributed by atoms with E-state index in [1.54, 1.807) is 12.1 Å². The topological polar surface area (TPSA) is 79.2 Å². The Morgan fingerprint density at radius 3 is 2.41 bits per heavy atom. The number of rotatable bonds is 1. The van der Waals surface area contributed by atoms with Crippen molar-refractivity contribution in [3.63, 3.8) is 0 Å². The zero-order valence-corrected chi connectivity index (χ0v) is 17.0. The van der Waals surface area contributed by atoms with Crippen LogP contribution >= 0.6 is 0 Å². The highest BCUT2D eigenvalue weighted by Crippen LogP contribution is 2.50. The van der Waals surface area contributed by atoms with E-state index in [2.05, 4.69) is 26.8 Å². The van der Waals surface area contributed by atoms with Crippen LogP contribution in [0.5, 0.6) is 11.5 Å². The number of ether oxygens (including phenoxy) is 2. The van der Waals surface area contributed by atoms with Gasteiger partial charge in [0.2, 0.25) is 5.79 Å². The highest BCUT2D eigenvalue weighted by atomic mass is 16.7. The van der Waals surface area contributed by atoms with E-state index >= 15 is 0 Å². The summed E-state index contributed by atoms with van der Waals surface area (Å²) < 4.78 is 12.9. The third-order valence-corrected chi connectivity index (χ3v) is 5.68. The molecule has 29 heavy (non-hydrogen) atoms. The lowest BCUT2D eigenvalue weighted by Gasteiger charge is -2.49. The summed E-state index contributed by atoms with van der Waals surface area (Å²) in [5.41, 5.74) is 2.71. The number of phenols is 1. The number of fused-ring (bicyclic) bond motifs is 1. The van der Waals surface area contributed by atoms with Crippen LogP contribution in [0.3, 0.4) is 0 Å². The fourth-order valence-electron chi connectivity index (χ4n) is 4.12. The normalized spacial score (nSPS) is 20.8. The number of aromatic hydroxyl groups is 1. The van der Waals surface area contributed by atoms with E-state index < -0.39 is 11.9 Å². The summed E-state index contributed by atoms with van der Waals surface area (Å²) in [5, 5.41) is 19.1. The van der Waals surface area contributed by atoms with Crippen LogP contribution in [0, 0.1) is 5.41 Å². The molecule has 2 aliphatic heterocycles. The van der Waals surface area contributed by atoms with E-state index in [-0.39, 0.29) is 17.3 Å². The van der Waals surface area contributed by atoms with Crippen molar-refractivity contribution in [2.75, 3.05) is 13.1 Å². The van der Waals surface area contributed by atoms with Crippen molar-refractivity contribution in [1.82, 2.24) is 4.90 Å². The van der Waals surface area contributed by atoms with Crippen LogP contribution in [0.15, 0.2) is 42.5 Å². The maximum absolute atomic E-state index is 11.3. The molecule has 6 nitrogen and oxygen atoms in total. The lowest BCUT2D eigenvalue weighted by atomic mass is 9.82. The first-order valence-electron chi connectivity index (χ1n) is 9.95. The van der Waals surface area contributed by atoms with Gasteiger partial charge in [0.15, 0.2) is 0 Å². The fraction of sp³-hybridized carbons (Fsp3) is 0.435. The van der Waals surface area contributed by atoms with Crippen molar-refractivity contribution in [2.24, 2.45) is 5.41 Å². The van der Waals surface area contributed by atoms with Crippen molar-refractivity contribution < 1.29 is 24.5 Å². The molecule has 1 fully saturated rings. The number of amides is 1. The molecule has 0 aromatic heterocycles. The number of carboxylic acid groups (broad SMARTS) is 1. The first-order chi connectivity index (χ1) is 13.7. The predicted molar refractivity (Wildman–Crippen MR) is 109 cm³/mol. The van der Waals surface area contributed by atoms with Crippen LogP contribution in [0.2, 0.25) is 0 Å². The highest BCUT2D eigenvalue weighted by molar-refractivity contribution is 5.67. The van der Waals surface area contributed by atoms with E-state index in [1.165, 1.54) is 4.90 Å². The summed E-state index contributed by atoms with van der Waals surface area (Å²) in [6.45, 7) is 7.18. The van der Waals surface area contributed by atoms with Crippen molar-refractivity contribution in [1.29, 1.82) is 0 Å². The number of carbonyl (C=O) groups is 1. The molecule has 1 unspecified atom stereocenters. The second kappa shape index (κ2) is 6.95. The van der Waals surface area contributed by atoms with Crippen molar-refractivity contribution in [3.8, 4) is 22.6 Å². The number of benzene rings is 2. The summed E-state index contributed by atoms with van der Waals surface area (Å²) in [6.07, 6.45) is -0.0988. The molecule has 4 rings (SSSR count). The largest absolute Gasteiger partial charge is 0.508 e. The van der Waals surface area contributed by atoms with Gasteiger partial charge in [-0.3, -0.25) is 0 Å². The minimum atomic E-state index is -0.904. The van der Waals surface area contributed by atoms with Gasteiger partial charge in [-0.05, 0) is 40.8 Å². The third kappa shape index (κ3) is 3.77. The maximum Gasteiger partial charge on any atom is 0.407 e. The monoisotopic (exact) mass is 397 g/mol. The molecule has 154 valence electrons. The molecule has 2 aromatic rings. The van der Waals surface area contributed by atoms with E-state index in [0.717, 1.165) is 22.4 Å². The zero-order valence-electron chi connectivity index (χ0n) is 17.0. The lowest BCUT2D eigenvalue weighted by molar-refractivity contribution is -0.266. The minimum absolute atomic E-state index is 0.174. The Hall–Kier alpha value is -2.73. The number of nitrogens with zero attached hydrogens (tertiary/aromatic N) is 1. The van der Waals surface area contributed by atoms with Gasteiger partial charge >= 0.3 is 6.09 Å². The summed E-state index contributed by atoms with van der Waals surface area (Å²) in [5.74, 6) is 0.205. The number of piperidine rings is 1. The Balaban J connectivity index is 1.70. The molecular weight excluding hydrogens is 370 g/mol. The molecule has 2 aromatic carbocycles. The van der Waals surface area contributed by atoms with Gasteiger partial charge in [0.1, 0.15) is 11.5 Å². The lowest BCUT2D eigenvalue weighted by Crippen LogP contribution is -2.54. The first kappa shape index (κ1) is 19.6. The Labute approximate surface area is 170 Å². The van der Waals surface area contributed by atoms with Crippen LogP contribution in [-0.4, -0.2) is 40.1 Å². The summed E-state index contributed by atoms with van der Waals surface area (Å²) >= 11 is 0. The van der Waals surface area contributed by atoms with Crippen LogP contribution in [0.1, 0.15) is 45.3 Å². The molecule has 1 amide bonds. The molecule has 1 atom stereocenters. The van der Waals surface area contributed by atoms with Crippen LogP contribution in [0.25, 0.3) is 11.1 Å². The molecule has 0 radical (unpaired) electrons. The van der Waals surface area contributed by atoms with Crippen molar-refractivity contribution in [2.45, 2.75) is 45.5 Å². The summed E-state index contributed by atoms with van der Waals surface area (Å²) in [6, 6.07) is 13.2. The van der Waals surface area contributed by atoms with Gasteiger partial charge in [0.25, 0.3) is 0 Å². The second-order valence-corrected chi connectivity index (χ2v) is 8.95. The minimum Gasteiger partial charge on any atom is -0.508 e. The van der Waals surface area contributed by atoms with Gasteiger partial charge in [-0.2, -0.15) is 0 Å². The average molecular weight is 397 g/mol. The van der Waals surface area contributed by atoms with Gasteiger partial charge in [0.05, 0.1) is 6.10 Å². The molecule has 2 heterocycles. The highest BCUT2D eigenvalue weighted by Gasteiger charge is 2.48. The van der Waals surface area contributed by atoms with Gasteiger partial charge in [0, 0.05) is 31.5 Å². The van der Waals surface area contributed by atoms with Gasteiger partial charge in [-0.1, -0.05) is 39.0 Å². The Morgan fingerprint density at radius 2 is 1.79 bits per heavy atom. The third-order valence-electron chi connectivity index (χ3n) is 5.68. The summed E-state index contributed by atoms with van der Waals surface area (Å²) in [4.78, 5) is 12.7. The number of likely N-dealkylation sites (tertiary alicyclic amines) is 1. The van der Waals surface area contributed by atoms with Gasteiger partial charge < -0.3 is 24.6 Å². The first-order valence-corrected chi connectivity index (χ1v) is 9.95. The molecule has 1 saturated heterocycles. The number of hydrogen-bond acceptors (Lipinski definition) is 4. The predicted octanol–water partition coefficient (Wildman–Crippen LogP) is 5.03. The van der Waals surface area contributed by atoms with E-state index in [1.807, 2.05) is 24.3 Å². The molecule has 0 bridgehead atoms. The Kier molecular flexibility index (Phi) is 4.69. The molecule has 2 aliphatic rings. The SMILES string of the molecule is CC(C)(C)C1OC2(CCN(C(=O)O)CC2)Oc2ccc(-c3cccc(O)c3)cc21. The van der Waals surface area contributed by atoms with Crippen LogP contribution < -0.4 is 4.74 Å². The van der Waals surface area contributed by atoms with Gasteiger partial charge in [-0.15, -0.1) is 0 Å². The Morgan fingerprint density at radius 1 is 1.10 bits per heavy atom. The molecular formula is C23H27NO5. The average Bonchev–Trinajstić information content (AvgIpc) is 2.67. The summed E-state index contributed by atoms with van der Waals surface area (Å²) in [7, 11) is 0. The van der Waals surface area contributed by atoms with Crippen LogP contribution in [-0.2, 0) is 4.74 Å². The van der Waals surface area contributed by atoms with Crippen molar-refractivity contribution in [3.05, 3.63) is 48.0 Å². The number of hydrogen-bond donors (Lipinski definition) is 2. The Bertz CT molecular complexity index is 925. The standard InChI is InChI=1S/C23H27NO5/c1-22(2,3)20-18-14-16(15-5-4-6-17(25)13-15)7-8-19(18)28-23(29-20)9-11-24(12-10-23)21(26)27/h4-8,13-14,20,25H,9-12H2,1-3H3,(H,26,27). The van der Waals surface area contributed by atoms with Crippen molar-refractivity contribution >= 4 is 6.09 Å². The van der Waals surface area contributed by atoms with E-state index in [9.17, 15) is 15.0 Å². The molecule has 1 spiro atoms. The molecule has 0 aliphatic carbocycles. The van der Waals surface area contributed by atoms with E-state index in [4.69, 9.17) is 9.47 Å². The molecule has 2 N–H and O–H groups in total. The molecule has 0 saturated carbocycles. The van der Waals surface area contributed by atoms with E-state index in [0.29, 0.717) is 25.9 Å². The molecule has 6 heteroatoms. The quantitative estimate of drug-likeness (QED) is 0.706. The van der Waals surface area contributed by atoms with Gasteiger partial charge in [-0.25, -0.2) is 4.79 Å².